The number of carbonyl (C=O) groups excluding carboxylic acids is 1. The predicted octanol–water partition coefficient (Wildman–Crippen LogP) is 0.684. The zero-order valence-corrected chi connectivity index (χ0v) is 11.2. The Kier molecular flexibility index (Phi) is 4.66. The molecule has 2 N–H and O–H groups in total. The van der Waals surface area contributed by atoms with Crippen LogP contribution in [0.25, 0.3) is 0 Å². The average molecular weight is 256 g/mol. The lowest BCUT2D eigenvalue weighted by molar-refractivity contribution is 0.0503. The number of rotatable bonds is 4. The van der Waals surface area contributed by atoms with Crippen LogP contribution < -0.4 is 5.32 Å². The van der Waals surface area contributed by atoms with E-state index in [0.29, 0.717) is 12.2 Å². The number of hydrogen-bond acceptors (Lipinski definition) is 5. The number of carbonyl (C=O) groups is 1. The molecular weight excluding hydrogens is 236 g/mol. The van der Waals surface area contributed by atoms with Gasteiger partial charge in [0.1, 0.15) is 11.3 Å². The average Bonchev–Trinajstić information content (AvgIpc) is 2.61. The number of nitrogens with one attached hydrogen (secondary N) is 1. The second kappa shape index (κ2) is 5.81. The van der Waals surface area contributed by atoms with Gasteiger partial charge in [-0.2, -0.15) is 0 Å². The first-order chi connectivity index (χ1) is 8.30. The number of aliphatic hydroxyl groups excluding tert-OH is 1. The number of ether oxygens (including phenoxy) is 1. The molecule has 7 heteroatoms. The Balaban J connectivity index is 2.41. The first kappa shape index (κ1) is 14.4. The van der Waals surface area contributed by atoms with Crippen LogP contribution in [0.5, 0.6) is 0 Å². The first-order valence-electron chi connectivity index (χ1n) is 5.79. The molecule has 0 saturated heterocycles. The molecule has 1 amide bonds. The van der Waals surface area contributed by atoms with Gasteiger partial charge in [0, 0.05) is 6.04 Å². The summed E-state index contributed by atoms with van der Waals surface area (Å²) in [4.78, 5) is 11.5. The number of aliphatic hydroxyl groups is 1. The van der Waals surface area contributed by atoms with E-state index in [4.69, 9.17) is 9.84 Å². The van der Waals surface area contributed by atoms with Crippen molar-refractivity contribution in [1.82, 2.24) is 20.3 Å². The molecule has 1 aromatic heterocycles. The van der Waals surface area contributed by atoms with Crippen molar-refractivity contribution in [1.29, 1.82) is 0 Å². The maximum atomic E-state index is 11.5. The van der Waals surface area contributed by atoms with Crippen molar-refractivity contribution in [2.75, 3.05) is 0 Å². The minimum absolute atomic E-state index is 0.145. The van der Waals surface area contributed by atoms with Gasteiger partial charge in [-0.15, -0.1) is 5.10 Å². The van der Waals surface area contributed by atoms with Gasteiger partial charge in [-0.3, -0.25) is 4.68 Å². The van der Waals surface area contributed by atoms with Crippen molar-refractivity contribution in [3.05, 3.63) is 11.9 Å². The van der Waals surface area contributed by atoms with Crippen molar-refractivity contribution in [3.8, 4) is 0 Å². The summed E-state index contributed by atoms with van der Waals surface area (Å²) >= 11 is 0. The lowest BCUT2D eigenvalue weighted by Crippen LogP contribution is -2.39. The van der Waals surface area contributed by atoms with Gasteiger partial charge >= 0.3 is 6.09 Å². The third-order valence-electron chi connectivity index (χ3n) is 1.97. The Morgan fingerprint density at radius 2 is 2.28 bits per heavy atom. The van der Waals surface area contributed by atoms with Gasteiger partial charge in [0.05, 0.1) is 19.3 Å². The quantitative estimate of drug-likeness (QED) is 0.827. The van der Waals surface area contributed by atoms with E-state index in [0.717, 1.165) is 0 Å². The van der Waals surface area contributed by atoms with Gasteiger partial charge in [-0.1, -0.05) is 5.21 Å². The molecule has 1 aromatic rings. The van der Waals surface area contributed by atoms with Gasteiger partial charge in [0.25, 0.3) is 0 Å². The molecule has 0 aliphatic rings. The maximum Gasteiger partial charge on any atom is 0.407 e. The number of aromatic nitrogens is 3. The van der Waals surface area contributed by atoms with E-state index in [1.165, 1.54) is 0 Å². The van der Waals surface area contributed by atoms with Gasteiger partial charge in [-0.25, -0.2) is 4.79 Å². The van der Waals surface area contributed by atoms with Crippen LogP contribution in [-0.2, 0) is 17.9 Å². The lowest BCUT2D eigenvalue weighted by atomic mass is 10.2. The Morgan fingerprint density at radius 1 is 1.61 bits per heavy atom. The zero-order valence-electron chi connectivity index (χ0n) is 11.2. The molecule has 0 fully saturated rings. The second-order valence-corrected chi connectivity index (χ2v) is 5.14. The van der Waals surface area contributed by atoms with Crippen molar-refractivity contribution in [3.63, 3.8) is 0 Å². The van der Waals surface area contributed by atoms with Crippen LogP contribution in [0.3, 0.4) is 0 Å². The SMILES string of the molecule is C[C@H](Cn1cc(CO)nn1)NC(=O)OC(C)(C)C. The fourth-order valence-corrected chi connectivity index (χ4v) is 1.34. The number of hydrogen-bond donors (Lipinski definition) is 2. The molecule has 102 valence electrons. The molecule has 1 atom stereocenters. The summed E-state index contributed by atoms with van der Waals surface area (Å²) in [6, 6.07) is -0.145. The monoisotopic (exact) mass is 256 g/mol. The molecule has 0 unspecified atom stereocenters. The highest BCUT2D eigenvalue weighted by Crippen LogP contribution is 2.06. The Bertz CT molecular complexity index is 397. The number of amides is 1. The van der Waals surface area contributed by atoms with Crippen molar-refractivity contribution in [2.24, 2.45) is 0 Å². The molecule has 7 nitrogen and oxygen atoms in total. The van der Waals surface area contributed by atoms with Crippen LogP contribution in [-0.4, -0.2) is 37.8 Å². The van der Waals surface area contributed by atoms with E-state index in [-0.39, 0.29) is 12.6 Å². The summed E-state index contributed by atoms with van der Waals surface area (Å²) in [6.45, 7) is 7.58. The van der Waals surface area contributed by atoms with E-state index in [1.807, 2.05) is 27.7 Å². The number of nitrogens with zero attached hydrogens (tertiary/aromatic N) is 3. The molecule has 0 spiro atoms. The molecule has 0 bridgehead atoms. The predicted molar refractivity (Wildman–Crippen MR) is 64.8 cm³/mol. The van der Waals surface area contributed by atoms with E-state index < -0.39 is 11.7 Å². The third-order valence-corrected chi connectivity index (χ3v) is 1.97. The summed E-state index contributed by atoms with van der Waals surface area (Å²) in [5.74, 6) is 0. The maximum absolute atomic E-state index is 11.5. The lowest BCUT2D eigenvalue weighted by Gasteiger charge is -2.21. The first-order valence-corrected chi connectivity index (χ1v) is 5.79. The minimum atomic E-state index is -0.513. The van der Waals surface area contributed by atoms with Crippen LogP contribution in [0.4, 0.5) is 4.79 Å². The van der Waals surface area contributed by atoms with Gasteiger partial charge in [-0.05, 0) is 27.7 Å². The molecule has 1 heterocycles. The van der Waals surface area contributed by atoms with E-state index >= 15 is 0 Å². The van der Waals surface area contributed by atoms with Crippen LogP contribution in [0.15, 0.2) is 6.20 Å². The highest BCUT2D eigenvalue weighted by Gasteiger charge is 2.17. The van der Waals surface area contributed by atoms with Crippen LogP contribution in [0.2, 0.25) is 0 Å². The van der Waals surface area contributed by atoms with E-state index in [9.17, 15) is 4.79 Å². The van der Waals surface area contributed by atoms with Crippen molar-refractivity contribution >= 4 is 6.09 Å². The molecule has 18 heavy (non-hydrogen) atoms. The smallest absolute Gasteiger partial charge is 0.407 e. The zero-order chi connectivity index (χ0) is 13.8. The van der Waals surface area contributed by atoms with Gasteiger partial charge in [0.2, 0.25) is 0 Å². The molecule has 0 aliphatic carbocycles. The summed E-state index contributed by atoms with van der Waals surface area (Å²) in [5, 5.41) is 19.1. The molecule has 0 radical (unpaired) electrons. The van der Waals surface area contributed by atoms with Gasteiger partial charge < -0.3 is 15.2 Å². The molecule has 0 saturated carbocycles. The Labute approximate surface area is 106 Å². The highest BCUT2D eigenvalue weighted by molar-refractivity contribution is 5.67. The standard InChI is InChI=1S/C11H20N4O3/c1-8(12-10(17)18-11(2,3)4)5-15-6-9(7-16)13-14-15/h6,8,16H,5,7H2,1-4H3,(H,12,17)/t8-/m1/s1. The molecule has 0 aliphatic heterocycles. The van der Waals surface area contributed by atoms with E-state index in [2.05, 4.69) is 15.6 Å². The van der Waals surface area contributed by atoms with Crippen molar-refractivity contribution < 1.29 is 14.6 Å². The summed E-state index contributed by atoms with van der Waals surface area (Å²) in [6.07, 6.45) is 1.17. The summed E-state index contributed by atoms with van der Waals surface area (Å²) in [5.41, 5.74) is -0.0133. The highest BCUT2D eigenvalue weighted by atomic mass is 16.6. The number of alkyl carbamates (subject to hydrolysis) is 1. The third kappa shape index (κ3) is 5.13. The van der Waals surface area contributed by atoms with Crippen LogP contribution >= 0.6 is 0 Å². The molecular formula is C11H20N4O3. The summed E-state index contributed by atoms with van der Waals surface area (Å²) in [7, 11) is 0. The second-order valence-electron chi connectivity index (χ2n) is 5.14. The topological polar surface area (TPSA) is 89.3 Å². The van der Waals surface area contributed by atoms with E-state index in [1.54, 1.807) is 10.9 Å². The van der Waals surface area contributed by atoms with Crippen LogP contribution in [0.1, 0.15) is 33.4 Å². The minimum Gasteiger partial charge on any atom is -0.444 e. The molecule has 1 rings (SSSR count). The Morgan fingerprint density at radius 3 is 2.78 bits per heavy atom. The largest absolute Gasteiger partial charge is 0.444 e. The summed E-state index contributed by atoms with van der Waals surface area (Å²) < 4.78 is 6.70. The van der Waals surface area contributed by atoms with Crippen LogP contribution in [0, 0.1) is 0 Å². The fraction of sp³-hybridized carbons (Fsp3) is 0.727. The normalized spacial score (nSPS) is 13.2. The van der Waals surface area contributed by atoms with Gasteiger partial charge in [0.15, 0.2) is 0 Å². The van der Waals surface area contributed by atoms with Crippen molar-refractivity contribution in [2.45, 2.75) is 52.5 Å². The fourth-order valence-electron chi connectivity index (χ4n) is 1.34. The Hall–Kier alpha value is -1.63. The molecule has 0 aromatic carbocycles.